The second kappa shape index (κ2) is 5.88. The molecule has 0 saturated carbocycles. The third-order valence-electron chi connectivity index (χ3n) is 4.22. The number of amides is 1. The van der Waals surface area contributed by atoms with E-state index in [-0.39, 0.29) is 11.6 Å². The molecular formula is C18H19N3O3. The first-order valence-corrected chi connectivity index (χ1v) is 7.54. The van der Waals surface area contributed by atoms with Crippen LogP contribution in [0, 0.1) is 6.92 Å². The van der Waals surface area contributed by atoms with Crippen molar-refractivity contribution < 1.29 is 9.53 Å². The van der Waals surface area contributed by atoms with Crippen molar-refractivity contribution in [3.63, 3.8) is 0 Å². The minimum Gasteiger partial charge on any atom is -0.497 e. The first kappa shape index (κ1) is 15.9. The summed E-state index contributed by atoms with van der Waals surface area (Å²) < 4.78 is 8.26. The molecule has 6 nitrogen and oxygen atoms in total. The zero-order valence-electron chi connectivity index (χ0n) is 14.1. The van der Waals surface area contributed by atoms with Crippen LogP contribution in [0.5, 0.6) is 5.75 Å². The Balaban J connectivity index is 1.97. The lowest BCUT2D eigenvalue weighted by atomic mass is 10.1. The number of methoxy groups -OCH3 is 1. The molecule has 24 heavy (non-hydrogen) atoms. The number of carbonyl (C=O) groups excluding carboxylic acids is 1. The summed E-state index contributed by atoms with van der Waals surface area (Å²) in [5.41, 5.74) is 3.64. The van der Waals surface area contributed by atoms with Crippen LogP contribution in [-0.4, -0.2) is 22.2 Å². The van der Waals surface area contributed by atoms with Crippen LogP contribution in [0.2, 0.25) is 0 Å². The molecule has 1 aromatic heterocycles. The van der Waals surface area contributed by atoms with Gasteiger partial charge in [-0.25, -0.2) is 4.79 Å². The van der Waals surface area contributed by atoms with E-state index in [4.69, 9.17) is 4.74 Å². The van der Waals surface area contributed by atoms with E-state index in [2.05, 4.69) is 5.32 Å². The summed E-state index contributed by atoms with van der Waals surface area (Å²) in [5.74, 6) is 0.490. The minimum absolute atomic E-state index is 0.0944. The second-order valence-electron chi connectivity index (χ2n) is 5.74. The summed E-state index contributed by atoms with van der Waals surface area (Å²) in [7, 11) is 5.03. The van der Waals surface area contributed by atoms with E-state index in [1.54, 1.807) is 54.6 Å². The third kappa shape index (κ3) is 2.56. The number of aromatic nitrogens is 2. The zero-order chi connectivity index (χ0) is 17.4. The highest BCUT2D eigenvalue weighted by Gasteiger charge is 2.13. The molecule has 1 N–H and O–H groups in total. The quantitative estimate of drug-likeness (QED) is 0.804. The van der Waals surface area contributed by atoms with Gasteiger partial charge in [-0.1, -0.05) is 0 Å². The lowest BCUT2D eigenvalue weighted by Crippen LogP contribution is -2.19. The Morgan fingerprint density at radius 3 is 2.21 bits per heavy atom. The molecule has 124 valence electrons. The molecule has 1 amide bonds. The van der Waals surface area contributed by atoms with Gasteiger partial charge >= 0.3 is 5.69 Å². The van der Waals surface area contributed by atoms with Gasteiger partial charge in [0.1, 0.15) is 5.75 Å². The van der Waals surface area contributed by atoms with Gasteiger partial charge in [0.25, 0.3) is 5.91 Å². The molecular weight excluding hydrogens is 306 g/mol. The molecule has 0 aliphatic heterocycles. The fourth-order valence-corrected chi connectivity index (χ4v) is 2.72. The summed E-state index contributed by atoms with van der Waals surface area (Å²) in [5, 5.41) is 2.91. The lowest BCUT2D eigenvalue weighted by molar-refractivity contribution is 0.102. The maximum Gasteiger partial charge on any atom is 0.328 e. The van der Waals surface area contributed by atoms with Gasteiger partial charge < -0.3 is 10.1 Å². The Morgan fingerprint density at radius 2 is 1.62 bits per heavy atom. The third-order valence-corrected chi connectivity index (χ3v) is 4.22. The van der Waals surface area contributed by atoms with E-state index in [1.807, 2.05) is 19.1 Å². The molecule has 0 atom stereocenters. The summed E-state index contributed by atoms with van der Waals surface area (Å²) in [6.45, 7) is 1.90. The lowest BCUT2D eigenvalue weighted by Gasteiger charge is -2.10. The predicted molar refractivity (Wildman–Crippen MR) is 93.8 cm³/mol. The van der Waals surface area contributed by atoms with Gasteiger partial charge in [0, 0.05) is 25.3 Å². The maximum absolute atomic E-state index is 12.4. The highest BCUT2D eigenvalue weighted by Crippen LogP contribution is 2.23. The number of carbonyl (C=O) groups is 1. The summed E-state index contributed by atoms with van der Waals surface area (Å²) in [6.07, 6.45) is 0. The van der Waals surface area contributed by atoms with Gasteiger partial charge in [0.2, 0.25) is 0 Å². The van der Waals surface area contributed by atoms with E-state index < -0.39 is 0 Å². The highest BCUT2D eigenvalue weighted by atomic mass is 16.5. The van der Waals surface area contributed by atoms with E-state index in [9.17, 15) is 9.59 Å². The predicted octanol–water partition coefficient (Wildman–Crippen LogP) is 2.45. The number of nitrogens with one attached hydrogen (secondary N) is 1. The number of hydrogen-bond acceptors (Lipinski definition) is 3. The van der Waals surface area contributed by atoms with Crippen molar-refractivity contribution >= 4 is 22.6 Å². The summed E-state index contributed by atoms with van der Waals surface area (Å²) in [6, 6.07) is 10.6. The number of aryl methyl sites for hydroxylation is 3. The van der Waals surface area contributed by atoms with E-state index in [0.717, 1.165) is 16.6 Å². The van der Waals surface area contributed by atoms with Crippen LogP contribution in [0.4, 0.5) is 5.69 Å². The van der Waals surface area contributed by atoms with Gasteiger partial charge in [-0.2, -0.15) is 0 Å². The Hall–Kier alpha value is -3.02. The monoisotopic (exact) mass is 325 g/mol. The SMILES string of the molecule is COc1ccc(C(=O)Nc2cc3c(cc2C)n(C)c(=O)n3C)cc1. The Kier molecular flexibility index (Phi) is 3.89. The van der Waals surface area contributed by atoms with Crippen molar-refractivity contribution in [1.82, 2.24) is 9.13 Å². The Labute approximate surface area is 139 Å². The topological polar surface area (TPSA) is 65.3 Å². The van der Waals surface area contributed by atoms with Gasteiger partial charge in [0.15, 0.2) is 0 Å². The Bertz CT molecular complexity index is 981. The first-order valence-electron chi connectivity index (χ1n) is 7.54. The second-order valence-corrected chi connectivity index (χ2v) is 5.74. The van der Waals surface area contributed by atoms with Crippen molar-refractivity contribution in [2.24, 2.45) is 14.1 Å². The van der Waals surface area contributed by atoms with Crippen LogP contribution >= 0.6 is 0 Å². The van der Waals surface area contributed by atoms with Crippen molar-refractivity contribution in [3.05, 3.63) is 58.0 Å². The fraction of sp³-hybridized carbons (Fsp3) is 0.222. The molecule has 0 fully saturated rings. The van der Waals surface area contributed by atoms with Gasteiger partial charge in [-0.15, -0.1) is 0 Å². The molecule has 0 spiro atoms. The van der Waals surface area contributed by atoms with Crippen LogP contribution in [0.1, 0.15) is 15.9 Å². The Morgan fingerprint density at radius 1 is 1.04 bits per heavy atom. The van der Waals surface area contributed by atoms with Crippen molar-refractivity contribution in [1.29, 1.82) is 0 Å². The molecule has 0 radical (unpaired) electrons. The largest absolute Gasteiger partial charge is 0.497 e. The molecule has 0 unspecified atom stereocenters. The number of hydrogen-bond donors (Lipinski definition) is 1. The molecule has 0 bridgehead atoms. The van der Waals surface area contributed by atoms with Gasteiger partial charge in [0.05, 0.1) is 18.1 Å². The zero-order valence-corrected chi connectivity index (χ0v) is 14.1. The van der Waals surface area contributed by atoms with Crippen LogP contribution in [0.3, 0.4) is 0 Å². The molecule has 0 aliphatic carbocycles. The molecule has 3 rings (SSSR count). The van der Waals surface area contributed by atoms with E-state index in [1.165, 1.54) is 0 Å². The van der Waals surface area contributed by atoms with Gasteiger partial charge in [-0.3, -0.25) is 13.9 Å². The van der Waals surface area contributed by atoms with E-state index in [0.29, 0.717) is 17.0 Å². The number of benzene rings is 2. The minimum atomic E-state index is -0.207. The summed E-state index contributed by atoms with van der Waals surface area (Å²) in [4.78, 5) is 24.5. The molecule has 2 aromatic carbocycles. The molecule has 0 saturated heterocycles. The number of imidazole rings is 1. The van der Waals surface area contributed by atoms with Crippen molar-refractivity contribution in [2.45, 2.75) is 6.92 Å². The smallest absolute Gasteiger partial charge is 0.328 e. The number of anilines is 1. The van der Waals surface area contributed by atoms with Crippen molar-refractivity contribution in [3.8, 4) is 5.75 Å². The number of nitrogens with zero attached hydrogens (tertiary/aromatic N) is 2. The fourth-order valence-electron chi connectivity index (χ4n) is 2.72. The van der Waals surface area contributed by atoms with Gasteiger partial charge in [-0.05, 0) is 48.9 Å². The number of rotatable bonds is 3. The van der Waals surface area contributed by atoms with Crippen molar-refractivity contribution in [2.75, 3.05) is 12.4 Å². The van der Waals surface area contributed by atoms with E-state index >= 15 is 0 Å². The van der Waals surface area contributed by atoms with Crippen LogP contribution < -0.4 is 15.7 Å². The average Bonchev–Trinajstić information content (AvgIpc) is 2.79. The van der Waals surface area contributed by atoms with Crippen LogP contribution in [0.15, 0.2) is 41.2 Å². The summed E-state index contributed by atoms with van der Waals surface area (Å²) >= 11 is 0. The molecule has 1 heterocycles. The first-order chi connectivity index (χ1) is 11.4. The maximum atomic E-state index is 12.4. The standard InChI is InChI=1S/C18H19N3O3/c1-11-9-15-16(21(3)18(23)20(15)2)10-14(11)19-17(22)12-5-7-13(24-4)8-6-12/h5-10H,1-4H3,(H,19,22). The molecule has 3 aromatic rings. The normalized spacial score (nSPS) is 10.8. The number of fused-ring (bicyclic) bond motifs is 1. The molecule has 0 aliphatic rings. The highest BCUT2D eigenvalue weighted by molar-refractivity contribution is 6.05. The van der Waals surface area contributed by atoms with Crippen LogP contribution in [-0.2, 0) is 14.1 Å². The molecule has 6 heteroatoms. The number of ether oxygens (including phenoxy) is 1. The van der Waals surface area contributed by atoms with Crippen LogP contribution in [0.25, 0.3) is 11.0 Å². The average molecular weight is 325 g/mol.